The third-order valence-corrected chi connectivity index (χ3v) is 3.32. The summed E-state index contributed by atoms with van der Waals surface area (Å²) in [6.45, 7) is 5.46. The predicted molar refractivity (Wildman–Crippen MR) is 71.0 cm³/mol. The first-order valence-corrected chi connectivity index (χ1v) is 5.93. The average Bonchev–Trinajstić information content (AvgIpc) is 2.68. The van der Waals surface area contributed by atoms with Crippen molar-refractivity contribution in [2.75, 3.05) is 0 Å². The van der Waals surface area contributed by atoms with Gasteiger partial charge in [0.2, 0.25) is 0 Å². The minimum atomic E-state index is -0.121. The number of benzene rings is 1. The van der Waals surface area contributed by atoms with Crippen LogP contribution in [-0.2, 0) is 10.2 Å². The predicted octanol–water partition coefficient (Wildman–Crippen LogP) is 3.59. The third-order valence-electron chi connectivity index (χ3n) is 3.32. The second kappa shape index (κ2) is 4.66. The maximum absolute atomic E-state index is 11.2. The highest BCUT2D eigenvalue weighted by Gasteiger charge is 2.34. The lowest BCUT2D eigenvalue weighted by Gasteiger charge is -2.26. The largest absolute Gasteiger partial charge is 0.300 e. The summed E-state index contributed by atoms with van der Waals surface area (Å²) < 4.78 is 0. The monoisotopic (exact) mass is 227 g/mol. The van der Waals surface area contributed by atoms with Crippen molar-refractivity contribution in [2.24, 2.45) is 4.99 Å². The van der Waals surface area contributed by atoms with E-state index in [9.17, 15) is 4.79 Å². The molecule has 0 amide bonds. The summed E-state index contributed by atoms with van der Waals surface area (Å²) in [6.07, 6.45) is 6.14. The van der Waals surface area contributed by atoms with Crippen LogP contribution in [-0.4, -0.2) is 12.0 Å². The van der Waals surface area contributed by atoms with Crippen LogP contribution in [0, 0.1) is 0 Å². The van der Waals surface area contributed by atoms with Crippen molar-refractivity contribution in [1.82, 2.24) is 0 Å². The molecule has 0 unspecified atom stereocenters. The first-order valence-electron chi connectivity index (χ1n) is 5.93. The van der Waals surface area contributed by atoms with Gasteiger partial charge in [0, 0.05) is 18.1 Å². The highest BCUT2D eigenvalue weighted by Crippen LogP contribution is 2.42. The Morgan fingerprint density at radius 3 is 2.94 bits per heavy atom. The van der Waals surface area contributed by atoms with E-state index in [1.165, 1.54) is 5.56 Å². The van der Waals surface area contributed by atoms with Gasteiger partial charge >= 0.3 is 0 Å². The second-order valence-corrected chi connectivity index (χ2v) is 4.63. The zero-order valence-corrected chi connectivity index (χ0v) is 10.1. The lowest BCUT2D eigenvalue weighted by molar-refractivity contribution is -0.117. The van der Waals surface area contributed by atoms with E-state index in [-0.39, 0.29) is 11.2 Å². The summed E-state index contributed by atoms with van der Waals surface area (Å²) in [4.78, 5) is 15.7. The molecule has 1 aliphatic rings. The summed E-state index contributed by atoms with van der Waals surface area (Å²) in [6, 6.07) is 8.14. The number of aliphatic imine (C=N–C) groups is 1. The number of hydrogen-bond acceptors (Lipinski definition) is 2. The number of Topliss-reactive ketones (excluding diaryl/α,β-unsaturated/α-hetero) is 1. The zero-order valence-electron chi connectivity index (χ0n) is 10.1. The SMILES string of the molecule is C=CC[C@]1(CCC(C)=O)C=Nc2ccccc21. The molecule has 0 radical (unpaired) electrons. The van der Waals surface area contributed by atoms with Crippen LogP contribution < -0.4 is 0 Å². The number of carbonyl (C=O) groups is 1. The van der Waals surface area contributed by atoms with Gasteiger partial charge in [-0.25, -0.2) is 0 Å². The summed E-state index contributed by atoms with van der Waals surface area (Å²) in [5.74, 6) is 0.228. The van der Waals surface area contributed by atoms with Crippen molar-refractivity contribution in [3.8, 4) is 0 Å². The molecule has 1 aromatic carbocycles. The summed E-state index contributed by atoms with van der Waals surface area (Å²) in [5.41, 5.74) is 2.13. The Morgan fingerprint density at radius 1 is 1.47 bits per heavy atom. The first-order chi connectivity index (χ1) is 8.18. The van der Waals surface area contributed by atoms with Crippen LogP contribution in [0.3, 0.4) is 0 Å². The van der Waals surface area contributed by atoms with E-state index in [2.05, 4.69) is 17.6 Å². The van der Waals surface area contributed by atoms with Gasteiger partial charge < -0.3 is 4.79 Å². The van der Waals surface area contributed by atoms with Crippen LogP contribution in [0.15, 0.2) is 41.9 Å². The molecule has 0 N–H and O–H groups in total. The normalized spacial score (nSPS) is 21.2. The molecule has 2 heteroatoms. The minimum Gasteiger partial charge on any atom is -0.300 e. The van der Waals surface area contributed by atoms with Crippen molar-refractivity contribution in [3.63, 3.8) is 0 Å². The van der Waals surface area contributed by atoms with Crippen LogP contribution in [0.1, 0.15) is 31.7 Å². The van der Waals surface area contributed by atoms with E-state index < -0.39 is 0 Å². The molecule has 2 nitrogen and oxygen atoms in total. The van der Waals surface area contributed by atoms with Gasteiger partial charge in [-0.15, -0.1) is 6.58 Å². The highest BCUT2D eigenvalue weighted by molar-refractivity contribution is 5.86. The van der Waals surface area contributed by atoms with E-state index in [0.717, 1.165) is 18.5 Å². The maximum atomic E-state index is 11.2. The number of carbonyl (C=O) groups excluding carboxylic acids is 1. The van der Waals surface area contributed by atoms with Gasteiger partial charge in [-0.05, 0) is 31.4 Å². The van der Waals surface area contributed by atoms with Gasteiger partial charge in [-0.1, -0.05) is 24.3 Å². The number of hydrogen-bond donors (Lipinski definition) is 0. The fourth-order valence-electron chi connectivity index (χ4n) is 2.39. The van der Waals surface area contributed by atoms with E-state index in [1.807, 2.05) is 30.5 Å². The van der Waals surface area contributed by atoms with Gasteiger partial charge in [0.15, 0.2) is 0 Å². The van der Waals surface area contributed by atoms with Gasteiger partial charge in [0.05, 0.1) is 5.69 Å². The average molecular weight is 227 g/mol. The number of nitrogens with zero attached hydrogens (tertiary/aromatic N) is 1. The van der Waals surface area contributed by atoms with Crippen LogP contribution in [0.25, 0.3) is 0 Å². The molecular formula is C15H17NO. The van der Waals surface area contributed by atoms with E-state index in [4.69, 9.17) is 0 Å². The van der Waals surface area contributed by atoms with Gasteiger partial charge in [0.1, 0.15) is 5.78 Å². The Kier molecular flexibility index (Phi) is 3.23. The number of fused-ring (bicyclic) bond motifs is 1. The zero-order chi connectivity index (χ0) is 12.3. The number of allylic oxidation sites excluding steroid dienone is 1. The topological polar surface area (TPSA) is 29.4 Å². The molecule has 17 heavy (non-hydrogen) atoms. The maximum Gasteiger partial charge on any atom is 0.129 e. The van der Waals surface area contributed by atoms with Crippen LogP contribution in [0.4, 0.5) is 5.69 Å². The van der Waals surface area contributed by atoms with Gasteiger partial charge in [-0.2, -0.15) is 0 Å². The Hall–Kier alpha value is -1.70. The number of rotatable bonds is 5. The molecule has 0 aromatic heterocycles. The molecule has 0 saturated carbocycles. The molecule has 0 spiro atoms. The van der Waals surface area contributed by atoms with Crippen molar-refractivity contribution >= 4 is 17.7 Å². The quantitative estimate of drug-likeness (QED) is 0.707. The molecule has 0 aliphatic carbocycles. The van der Waals surface area contributed by atoms with Crippen LogP contribution in [0.5, 0.6) is 0 Å². The smallest absolute Gasteiger partial charge is 0.129 e. The van der Waals surface area contributed by atoms with Gasteiger partial charge in [-0.3, -0.25) is 4.99 Å². The Labute approximate surface area is 102 Å². The fourth-order valence-corrected chi connectivity index (χ4v) is 2.39. The number of para-hydroxylation sites is 1. The van der Waals surface area contributed by atoms with Gasteiger partial charge in [0.25, 0.3) is 0 Å². The van der Waals surface area contributed by atoms with Crippen LogP contribution >= 0.6 is 0 Å². The fraction of sp³-hybridized carbons (Fsp3) is 0.333. The molecule has 0 saturated heterocycles. The third kappa shape index (κ3) is 2.21. The molecule has 1 aliphatic heterocycles. The van der Waals surface area contributed by atoms with E-state index in [0.29, 0.717) is 6.42 Å². The van der Waals surface area contributed by atoms with Crippen molar-refractivity contribution in [2.45, 2.75) is 31.6 Å². The molecule has 1 heterocycles. The summed E-state index contributed by atoms with van der Waals surface area (Å²) in [5, 5.41) is 0. The van der Waals surface area contributed by atoms with Crippen molar-refractivity contribution in [3.05, 3.63) is 42.5 Å². The molecule has 0 bridgehead atoms. The van der Waals surface area contributed by atoms with E-state index in [1.54, 1.807) is 6.92 Å². The standard InChI is InChI=1S/C15H17NO/c1-3-9-15(10-8-12(2)17)11-16-14-7-5-4-6-13(14)15/h3-7,11H,1,8-10H2,2H3/t15-/m0/s1. The second-order valence-electron chi connectivity index (χ2n) is 4.63. The Bertz CT molecular complexity index is 476. The minimum absolute atomic E-state index is 0.121. The Morgan fingerprint density at radius 2 is 2.24 bits per heavy atom. The Balaban J connectivity index is 2.33. The van der Waals surface area contributed by atoms with Crippen molar-refractivity contribution < 1.29 is 4.79 Å². The summed E-state index contributed by atoms with van der Waals surface area (Å²) >= 11 is 0. The van der Waals surface area contributed by atoms with Crippen LogP contribution in [0.2, 0.25) is 0 Å². The van der Waals surface area contributed by atoms with Crippen molar-refractivity contribution in [1.29, 1.82) is 0 Å². The molecule has 1 aromatic rings. The highest BCUT2D eigenvalue weighted by atomic mass is 16.1. The molecule has 1 atom stereocenters. The lowest BCUT2D eigenvalue weighted by Crippen LogP contribution is -2.25. The first kappa shape index (κ1) is 11.8. The molecular weight excluding hydrogens is 210 g/mol. The molecule has 2 rings (SSSR count). The van der Waals surface area contributed by atoms with E-state index >= 15 is 0 Å². The number of ketones is 1. The molecule has 88 valence electrons. The molecule has 0 fully saturated rings. The lowest BCUT2D eigenvalue weighted by atomic mass is 9.75. The summed E-state index contributed by atoms with van der Waals surface area (Å²) in [7, 11) is 0.